The highest BCUT2D eigenvalue weighted by atomic mass is 35.5. The van der Waals surface area contributed by atoms with Crippen LogP contribution in [0.25, 0.3) is 5.52 Å². The molecule has 2 aromatic heterocycles. The number of rotatable bonds is 4. The van der Waals surface area contributed by atoms with E-state index in [-0.39, 0.29) is 5.91 Å². The summed E-state index contributed by atoms with van der Waals surface area (Å²) in [4.78, 5) is 12.4. The number of aryl methyl sites for hydroxylation is 1. The molecule has 3 rings (SSSR count). The molecular weight excluding hydrogens is 300 g/mol. The fraction of sp³-hybridized carbons (Fsp3) is 0.438. The first-order chi connectivity index (χ1) is 10.6. The van der Waals surface area contributed by atoms with Gasteiger partial charge in [-0.1, -0.05) is 32.4 Å². The summed E-state index contributed by atoms with van der Waals surface area (Å²) in [6, 6.07) is 3.77. The number of hydrazone groups is 1. The van der Waals surface area contributed by atoms with Crippen LogP contribution in [-0.2, 0) is 11.2 Å². The van der Waals surface area contributed by atoms with Gasteiger partial charge in [0.2, 0.25) is 0 Å². The van der Waals surface area contributed by atoms with Gasteiger partial charge in [-0.2, -0.15) is 10.2 Å². The summed E-state index contributed by atoms with van der Waals surface area (Å²) >= 11 is 6.06. The van der Waals surface area contributed by atoms with Gasteiger partial charge in [0.1, 0.15) is 0 Å². The van der Waals surface area contributed by atoms with E-state index in [9.17, 15) is 4.79 Å². The minimum atomic E-state index is -0.576. The molecule has 0 bridgehead atoms. The Bertz CT molecular complexity index is 774. The zero-order valence-electron chi connectivity index (χ0n) is 13.0. The van der Waals surface area contributed by atoms with E-state index >= 15 is 0 Å². The quantitative estimate of drug-likeness (QED) is 0.941. The monoisotopic (exact) mass is 318 g/mol. The molecule has 1 aliphatic heterocycles. The number of hydrogen-bond donors (Lipinski definition) is 1. The summed E-state index contributed by atoms with van der Waals surface area (Å²) in [6.45, 7) is 6.10. The predicted octanol–water partition coefficient (Wildman–Crippen LogP) is 3.19. The zero-order valence-corrected chi connectivity index (χ0v) is 13.7. The number of halogens is 1. The van der Waals surface area contributed by atoms with Crippen LogP contribution >= 0.6 is 11.6 Å². The lowest BCUT2D eigenvalue weighted by Crippen LogP contribution is -2.37. The minimum absolute atomic E-state index is 0.0251. The summed E-state index contributed by atoms with van der Waals surface area (Å²) in [6.07, 6.45) is 3.97. The number of amides is 1. The highest BCUT2D eigenvalue weighted by Crippen LogP contribution is 2.37. The van der Waals surface area contributed by atoms with E-state index in [4.69, 9.17) is 11.6 Å². The molecule has 116 valence electrons. The lowest BCUT2D eigenvalue weighted by molar-refractivity contribution is -0.126. The van der Waals surface area contributed by atoms with Crippen molar-refractivity contribution in [2.24, 2.45) is 10.5 Å². The lowest BCUT2D eigenvalue weighted by atomic mass is 9.75. The molecule has 0 fully saturated rings. The van der Waals surface area contributed by atoms with Crippen molar-refractivity contribution in [3.05, 3.63) is 34.6 Å². The molecule has 0 radical (unpaired) electrons. The molecule has 1 aliphatic rings. The first-order valence-corrected chi connectivity index (χ1v) is 8.01. The Balaban J connectivity index is 2.27. The molecule has 0 atom stereocenters. The molecule has 0 aromatic carbocycles. The second-order valence-corrected chi connectivity index (χ2v) is 5.98. The summed E-state index contributed by atoms with van der Waals surface area (Å²) < 4.78 is 1.78. The van der Waals surface area contributed by atoms with Crippen molar-refractivity contribution >= 4 is 28.7 Å². The van der Waals surface area contributed by atoms with Crippen LogP contribution in [0.1, 0.15) is 44.9 Å². The summed E-state index contributed by atoms with van der Waals surface area (Å²) in [7, 11) is 0. The van der Waals surface area contributed by atoms with Crippen LogP contribution in [0.3, 0.4) is 0 Å². The molecule has 0 aliphatic carbocycles. The molecule has 0 unspecified atom stereocenters. The van der Waals surface area contributed by atoms with Gasteiger partial charge < -0.3 is 0 Å². The fourth-order valence-electron chi connectivity index (χ4n) is 3.21. The number of hydrogen-bond acceptors (Lipinski definition) is 3. The molecular formula is C16H19ClN4O. The first kappa shape index (κ1) is 15.0. The van der Waals surface area contributed by atoms with Gasteiger partial charge in [0.25, 0.3) is 5.91 Å². The van der Waals surface area contributed by atoms with Crippen molar-refractivity contribution in [2.75, 3.05) is 0 Å². The second-order valence-electron chi connectivity index (χ2n) is 5.54. The van der Waals surface area contributed by atoms with Crippen molar-refractivity contribution < 1.29 is 4.79 Å². The number of nitrogens with one attached hydrogen (secondary N) is 1. The van der Waals surface area contributed by atoms with Crippen molar-refractivity contribution in [3.63, 3.8) is 0 Å². The maximum Gasteiger partial charge on any atom is 0.252 e. The third-order valence-electron chi connectivity index (χ3n) is 4.60. The van der Waals surface area contributed by atoms with Gasteiger partial charge in [0.15, 0.2) is 0 Å². The third-order valence-corrected chi connectivity index (χ3v) is 4.83. The Morgan fingerprint density at radius 1 is 1.27 bits per heavy atom. The van der Waals surface area contributed by atoms with Crippen LogP contribution in [0.5, 0.6) is 0 Å². The molecule has 0 spiro atoms. The average molecular weight is 319 g/mol. The van der Waals surface area contributed by atoms with Gasteiger partial charge in [0.05, 0.1) is 27.4 Å². The Morgan fingerprint density at radius 3 is 2.64 bits per heavy atom. The first-order valence-electron chi connectivity index (χ1n) is 7.63. The van der Waals surface area contributed by atoms with E-state index in [1.54, 1.807) is 10.7 Å². The average Bonchev–Trinajstić information content (AvgIpc) is 3.04. The summed E-state index contributed by atoms with van der Waals surface area (Å²) in [5, 5.41) is 9.60. The normalized spacial score (nSPS) is 16.9. The molecule has 0 saturated carbocycles. The third kappa shape index (κ3) is 1.96. The van der Waals surface area contributed by atoms with Crippen LogP contribution in [0.15, 0.2) is 23.4 Å². The number of aromatic nitrogens is 2. The minimum Gasteiger partial charge on any atom is -0.272 e. The molecule has 6 heteroatoms. The highest BCUT2D eigenvalue weighted by molar-refractivity contribution is 6.30. The Labute approximate surface area is 134 Å². The maximum atomic E-state index is 12.4. The molecule has 22 heavy (non-hydrogen) atoms. The van der Waals surface area contributed by atoms with E-state index < -0.39 is 5.41 Å². The van der Waals surface area contributed by atoms with Gasteiger partial charge in [-0.3, -0.25) is 4.79 Å². The molecule has 3 heterocycles. The van der Waals surface area contributed by atoms with Crippen molar-refractivity contribution in [2.45, 2.75) is 40.0 Å². The molecule has 5 nitrogen and oxygen atoms in total. The van der Waals surface area contributed by atoms with E-state index in [0.717, 1.165) is 28.9 Å². The zero-order chi connectivity index (χ0) is 15.9. The molecule has 1 N–H and O–H groups in total. The van der Waals surface area contributed by atoms with Gasteiger partial charge in [-0.15, -0.1) is 0 Å². The SMILES string of the molecule is CCc1nn2cc(Cl)ccc2c1C1=NNC(=O)C1(CC)CC. The van der Waals surface area contributed by atoms with Gasteiger partial charge in [-0.05, 0) is 31.4 Å². The molecule has 1 amide bonds. The Kier molecular flexibility index (Phi) is 3.68. The highest BCUT2D eigenvalue weighted by Gasteiger charge is 2.46. The Hall–Kier alpha value is -1.88. The number of carbonyl (C=O) groups is 1. The summed E-state index contributed by atoms with van der Waals surface area (Å²) in [5.74, 6) is -0.0251. The topological polar surface area (TPSA) is 58.8 Å². The van der Waals surface area contributed by atoms with E-state index in [1.807, 2.05) is 26.0 Å². The number of pyridine rings is 1. The standard InChI is InChI=1S/C16H19ClN4O/c1-4-11-13(12-8-7-10(17)9-21(12)20-11)14-16(5-2,6-3)15(22)19-18-14/h7-9H,4-6H2,1-3H3,(H,19,22). The van der Waals surface area contributed by atoms with E-state index in [0.29, 0.717) is 17.9 Å². The van der Waals surface area contributed by atoms with Gasteiger partial charge >= 0.3 is 0 Å². The largest absolute Gasteiger partial charge is 0.272 e. The Morgan fingerprint density at radius 2 is 2.00 bits per heavy atom. The van der Waals surface area contributed by atoms with Crippen LogP contribution in [0, 0.1) is 5.41 Å². The van der Waals surface area contributed by atoms with Gasteiger partial charge in [0, 0.05) is 11.8 Å². The second kappa shape index (κ2) is 5.39. The smallest absolute Gasteiger partial charge is 0.252 e. The van der Waals surface area contributed by atoms with Crippen LogP contribution in [0.2, 0.25) is 5.02 Å². The van der Waals surface area contributed by atoms with Crippen molar-refractivity contribution in [3.8, 4) is 0 Å². The number of carbonyl (C=O) groups excluding carboxylic acids is 1. The van der Waals surface area contributed by atoms with Crippen LogP contribution in [0.4, 0.5) is 0 Å². The maximum absolute atomic E-state index is 12.4. The van der Waals surface area contributed by atoms with Crippen molar-refractivity contribution in [1.82, 2.24) is 15.0 Å². The molecule has 2 aromatic rings. The predicted molar refractivity (Wildman–Crippen MR) is 87.3 cm³/mol. The molecule has 0 saturated heterocycles. The number of fused-ring (bicyclic) bond motifs is 1. The number of nitrogens with zero attached hydrogens (tertiary/aromatic N) is 3. The van der Waals surface area contributed by atoms with Crippen LogP contribution in [-0.4, -0.2) is 21.2 Å². The van der Waals surface area contributed by atoms with Crippen LogP contribution < -0.4 is 5.43 Å². The fourth-order valence-corrected chi connectivity index (χ4v) is 3.36. The van der Waals surface area contributed by atoms with Gasteiger partial charge in [-0.25, -0.2) is 9.94 Å². The lowest BCUT2D eigenvalue weighted by Gasteiger charge is -2.24. The van der Waals surface area contributed by atoms with Crippen molar-refractivity contribution in [1.29, 1.82) is 0 Å². The van der Waals surface area contributed by atoms with E-state index in [2.05, 4.69) is 22.5 Å². The summed E-state index contributed by atoms with van der Waals surface area (Å²) in [5.41, 5.74) is 5.72. The van der Waals surface area contributed by atoms with E-state index in [1.165, 1.54) is 0 Å².